The summed E-state index contributed by atoms with van der Waals surface area (Å²) in [6.07, 6.45) is 3.64. The number of carbonyl (C=O) groups is 3. The van der Waals surface area contributed by atoms with E-state index in [9.17, 15) is 14.4 Å². The molecule has 0 N–H and O–H groups in total. The fourth-order valence-electron chi connectivity index (χ4n) is 4.16. The molecule has 0 aliphatic carbocycles. The van der Waals surface area contributed by atoms with Gasteiger partial charge in [-0.3, -0.25) is 19.3 Å². The van der Waals surface area contributed by atoms with E-state index in [1.165, 1.54) is 0 Å². The molecule has 4 aromatic rings. The van der Waals surface area contributed by atoms with E-state index >= 15 is 0 Å². The van der Waals surface area contributed by atoms with Gasteiger partial charge in [-0.2, -0.15) is 0 Å². The number of para-hydroxylation sites is 1. The molecule has 0 atom stereocenters. The van der Waals surface area contributed by atoms with Gasteiger partial charge in [-0.05, 0) is 55.1 Å². The van der Waals surface area contributed by atoms with Crippen molar-refractivity contribution in [3.05, 3.63) is 104 Å². The summed E-state index contributed by atoms with van der Waals surface area (Å²) in [6.45, 7) is 2.57. The predicted octanol–water partition coefficient (Wildman–Crippen LogP) is 7.36. The number of thioether (sulfide) groups is 1. The van der Waals surface area contributed by atoms with E-state index < -0.39 is 11.1 Å². The zero-order valence-electron chi connectivity index (χ0n) is 20.3. The first-order valence-corrected chi connectivity index (χ1v) is 13.8. The third-order valence-corrected chi connectivity index (χ3v) is 7.85. The van der Waals surface area contributed by atoms with Crippen molar-refractivity contribution in [2.45, 2.75) is 13.5 Å². The van der Waals surface area contributed by atoms with Crippen LogP contribution in [0, 0.1) is 6.92 Å². The molecule has 1 aromatic heterocycles. The Balaban J connectivity index is 1.37. The molecule has 1 saturated heterocycles. The minimum Gasteiger partial charge on any atom is -0.490 e. The number of Topliss-reactive ketones (excluding diaryl/α,β-unsaturated/α-hetero) is 1. The number of ketones is 1. The van der Waals surface area contributed by atoms with Gasteiger partial charge < -0.3 is 9.30 Å². The van der Waals surface area contributed by atoms with Gasteiger partial charge in [-0.15, -0.1) is 0 Å². The van der Waals surface area contributed by atoms with E-state index in [4.69, 9.17) is 16.3 Å². The number of hydrogen-bond acceptors (Lipinski definition) is 5. The number of ether oxygens (including phenoxy) is 1. The second-order valence-electron chi connectivity index (χ2n) is 8.78. The van der Waals surface area contributed by atoms with Crippen LogP contribution in [0.15, 0.2) is 82.3 Å². The van der Waals surface area contributed by atoms with Crippen LogP contribution in [-0.2, 0) is 11.3 Å². The Kier molecular flexibility index (Phi) is 7.74. The lowest BCUT2D eigenvalue weighted by molar-refractivity contribution is -0.122. The van der Waals surface area contributed by atoms with Crippen LogP contribution in [0.1, 0.15) is 21.5 Å². The van der Waals surface area contributed by atoms with E-state index in [2.05, 4.69) is 15.9 Å². The SMILES string of the molecule is Cc1ccc(C(=O)CN2C(=O)S/C(=C\c3cn(CCOc4ccccc4Cl)c4ccc(Br)cc34)C2=O)cc1. The number of benzene rings is 3. The first kappa shape index (κ1) is 26.3. The highest BCUT2D eigenvalue weighted by Gasteiger charge is 2.36. The van der Waals surface area contributed by atoms with Crippen molar-refractivity contribution in [2.24, 2.45) is 0 Å². The molecule has 0 unspecified atom stereocenters. The molecule has 9 heteroatoms. The topological polar surface area (TPSA) is 68.6 Å². The summed E-state index contributed by atoms with van der Waals surface area (Å²) in [5, 5.41) is 1.01. The fourth-order valence-corrected chi connectivity index (χ4v) is 5.55. The maximum atomic E-state index is 13.1. The molecule has 0 bridgehead atoms. The number of amides is 2. The van der Waals surface area contributed by atoms with Crippen LogP contribution in [0.2, 0.25) is 5.02 Å². The minimum atomic E-state index is -0.474. The highest BCUT2D eigenvalue weighted by atomic mass is 79.9. The molecule has 38 heavy (non-hydrogen) atoms. The lowest BCUT2D eigenvalue weighted by Crippen LogP contribution is -2.33. The van der Waals surface area contributed by atoms with Gasteiger partial charge >= 0.3 is 0 Å². The van der Waals surface area contributed by atoms with Gasteiger partial charge in [0.15, 0.2) is 5.78 Å². The number of fused-ring (bicyclic) bond motifs is 1. The highest BCUT2D eigenvalue weighted by Crippen LogP contribution is 2.35. The highest BCUT2D eigenvalue weighted by molar-refractivity contribution is 9.10. The molecule has 2 heterocycles. The van der Waals surface area contributed by atoms with Crippen molar-refractivity contribution < 1.29 is 19.1 Å². The summed E-state index contributed by atoms with van der Waals surface area (Å²) in [4.78, 5) is 39.8. The zero-order valence-corrected chi connectivity index (χ0v) is 23.5. The van der Waals surface area contributed by atoms with Gasteiger partial charge in [0.1, 0.15) is 12.4 Å². The maximum Gasteiger partial charge on any atom is 0.293 e. The normalized spacial score (nSPS) is 14.6. The van der Waals surface area contributed by atoms with Gasteiger partial charge in [-0.25, -0.2) is 0 Å². The quantitative estimate of drug-likeness (QED) is 0.154. The first-order valence-electron chi connectivity index (χ1n) is 11.8. The summed E-state index contributed by atoms with van der Waals surface area (Å²) >= 11 is 10.6. The molecule has 5 rings (SSSR count). The summed E-state index contributed by atoms with van der Waals surface area (Å²) in [7, 11) is 0. The van der Waals surface area contributed by atoms with Crippen LogP contribution in [-0.4, -0.2) is 39.5 Å². The first-order chi connectivity index (χ1) is 18.3. The Morgan fingerprint density at radius 1 is 1.08 bits per heavy atom. The molecule has 3 aromatic carbocycles. The van der Waals surface area contributed by atoms with Crippen LogP contribution < -0.4 is 4.74 Å². The van der Waals surface area contributed by atoms with Gasteiger partial charge in [0, 0.05) is 32.7 Å². The number of carbonyl (C=O) groups excluding carboxylic acids is 3. The third kappa shape index (κ3) is 5.57. The summed E-state index contributed by atoms with van der Waals surface area (Å²) in [6, 6.07) is 20.3. The molecule has 2 amide bonds. The average molecular weight is 610 g/mol. The fraction of sp³-hybridized carbons (Fsp3) is 0.138. The van der Waals surface area contributed by atoms with Crippen LogP contribution in [0.25, 0.3) is 17.0 Å². The second kappa shape index (κ2) is 11.2. The summed E-state index contributed by atoms with van der Waals surface area (Å²) < 4.78 is 8.79. The smallest absolute Gasteiger partial charge is 0.293 e. The number of aryl methyl sites for hydroxylation is 1. The van der Waals surface area contributed by atoms with E-state index in [1.54, 1.807) is 24.3 Å². The maximum absolute atomic E-state index is 13.1. The summed E-state index contributed by atoms with van der Waals surface area (Å²) in [5.41, 5.74) is 3.23. The average Bonchev–Trinajstić information content (AvgIpc) is 3.36. The zero-order chi connectivity index (χ0) is 26.8. The summed E-state index contributed by atoms with van der Waals surface area (Å²) in [5.74, 6) is -0.145. The molecule has 0 spiro atoms. The van der Waals surface area contributed by atoms with E-state index in [0.29, 0.717) is 29.5 Å². The molecule has 0 radical (unpaired) electrons. The van der Waals surface area contributed by atoms with Crippen molar-refractivity contribution in [1.82, 2.24) is 9.47 Å². The van der Waals surface area contributed by atoms with Crippen LogP contribution in [0.3, 0.4) is 0 Å². The van der Waals surface area contributed by atoms with Gasteiger partial charge in [0.05, 0.1) is 23.0 Å². The molecular weight excluding hydrogens is 588 g/mol. The Labute approximate surface area is 237 Å². The molecule has 192 valence electrons. The van der Waals surface area contributed by atoms with Crippen molar-refractivity contribution in [3.63, 3.8) is 0 Å². The van der Waals surface area contributed by atoms with Crippen molar-refractivity contribution in [1.29, 1.82) is 0 Å². The monoisotopic (exact) mass is 608 g/mol. The molecule has 6 nitrogen and oxygen atoms in total. The molecule has 0 saturated carbocycles. The van der Waals surface area contributed by atoms with E-state index in [0.717, 1.165) is 43.2 Å². The standard InChI is InChI=1S/C29H22BrClN2O4S/c1-18-6-8-19(9-7-18)25(34)17-33-28(35)27(38-29(33)36)14-20-16-32(24-11-10-21(30)15-22(20)24)12-13-37-26-5-3-2-4-23(26)31/h2-11,14-16H,12-13,17H2,1H3/b27-14-. The number of rotatable bonds is 8. The molecule has 1 fully saturated rings. The van der Waals surface area contributed by atoms with Gasteiger partial charge in [-0.1, -0.05) is 69.5 Å². The van der Waals surface area contributed by atoms with Gasteiger partial charge in [0.25, 0.3) is 11.1 Å². The van der Waals surface area contributed by atoms with Gasteiger partial charge in [0.2, 0.25) is 0 Å². The van der Waals surface area contributed by atoms with Crippen LogP contribution >= 0.6 is 39.3 Å². The largest absolute Gasteiger partial charge is 0.490 e. The van der Waals surface area contributed by atoms with Crippen molar-refractivity contribution >= 4 is 73.2 Å². The minimum absolute atomic E-state index is 0.276. The number of nitrogens with zero attached hydrogens (tertiary/aromatic N) is 2. The Morgan fingerprint density at radius 2 is 1.84 bits per heavy atom. The number of aromatic nitrogens is 1. The Hall–Kier alpha value is -3.33. The lowest BCUT2D eigenvalue weighted by atomic mass is 10.1. The van der Waals surface area contributed by atoms with Crippen LogP contribution in [0.5, 0.6) is 5.75 Å². The number of hydrogen-bond donors (Lipinski definition) is 0. The van der Waals surface area contributed by atoms with Crippen molar-refractivity contribution in [3.8, 4) is 5.75 Å². The Morgan fingerprint density at radius 3 is 2.61 bits per heavy atom. The number of imide groups is 1. The lowest BCUT2D eigenvalue weighted by Gasteiger charge is -2.11. The van der Waals surface area contributed by atoms with E-state index in [1.807, 2.05) is 66.2 Å². The predicted molar refractivity (Wildman–Crippen MR) is 155 cm³/mol. The van der Waals surface area contributed by atoms with E-state index in [-0.39, 0.29) is 17.2 Å². The Bertz CT molecular complexity index is 1600. The second-order valence-corrected chi connectivity index (χ2v) is 11.1. The number of halogens is 2. The van der Waals surface area contributed by atoms with Crippen molar-refractivity contribution in [2.75, 3.05) is 13.2 Å². The molecule has 1 aliphatic heterocycles. The molecule has 1 aliphatic rings. The third-order valence-electron chi connectivity index (χ3n) is 6.14. The molecular formula is C29H22BrClN2O4S. The van der Waals surface area contributed by atoms with Crippen LogP contribution in [0.4, 0.5) is 4.79 Å².